The van der Waals surface area contributed by atoms with E-state index in [1.807, 2.05) is 0 Å². The second kappa shape index (κ2) is 5.04. The van der Waals surface area contributed by atoms with Crippen LogP contribution in [0.2, 0.25) is 0 Å². The smallest absolute Gasteiger partial charge is 0.272 e. The van der Waals surface area contributed by atoms with E-state index in [1.54, 1.807) is 18.2 Å². The van der Waals surface area contributed by atoms with Crippen LogP contribution in [0.15, 0.2) is 24.3 Å². The van der Waals surface area contributed by atoms with Crippen molar-refractivity contribution in [2.24, 2.45) is 11.1 Å². The number of nitro groups is 1. The maximum absolute atomic E-state index is 11.1. The molecule has 0 aromatic heterocycles. The second-order valence-electron chi connectivity index (χ2n) is 4.98. The molecule has 1 fully saturated rings. The average Bonchev–Trinajstić information content (AvgIpc) is 2.33. The molecular formula is C13H18N2O3. The summed E-state index contributed by atoms with van der Waals surface area (Å²) in [6, 6.07) is 6.70. The summed E-state index contributed by atoms with van der Waals surface area (Å²) in [7, 11) is 0. The van der Waals surface area contributed by atoms with Crippen LogP contribution in [0.4, 0.5) is 5.69 Å². The highest BCUT2D eigenvalue weighted by molar-refractivity contribution is 5.44. The van der Waals surface area contributed by atoms with Gasteiger partial charge in [-0.05, 0) is 12.8 Å². The molecule has 2 rings (SSSR count). The Kier molecular flexibility index (Phi) is 3.63. The van der Waals surface area contributed by atoms with Gasteiger partial charge in [0.05, 0.1) is 4.92 Å². The number of para-hydroxylation sites is 1. The van der Waals surface area contributed by atoms with E-state index in [0.29, 0.717) is 12.1 Å². The van der Waals surface area contributed by atoms with Crippen molar-refractivity contribution in [1.29, 1.82) is 0 Å². The van der Waals surface area contributed by atoms with Gasteiger partial charge in [-0.3, -0.25) is 10.1 Å². The van der Waals surface area contributed by atoms with E-state index < -0.39 is 0 Å². The van der Waals surface area contributed by atoms with E-state index in [-0.39, 0.29) is 28.6 Å². The third-order valence-electron chi connectivity index (χ3n) is 4.15. The first-order valence-electron chi connectivity index (χ1n) is 6.19. The largest absolute Gasteiger partial charge is 0.396 e. The zero-order valence-electron chi connectivity index (χ0n) is 10.2. The van der Waals surface area contributed by atoms with E-state index >= 15 is 0 Å². The minimum atomic E-state index is -0.373. The Balaban J connectivity index is 2.42. The van der Waals surface area contributed by atoms with E-state index in [9.17, 15) is 15.2 Å². The number of nitrogens with two attached hydrogens (primary N) is 1. The standard InChI is InChI=1S/C13H18N2O3/c14-8-11(13(9-16)6-3-7-13)10-4-1-2-5-12(10)15(17)18/h1-2,4-5,11,16H,3,6-9,14H2/t11-/m0/s1. The van der Waals surface area contributed by atoms with Gasteiger partial charge in [0.1, 0.15) is 0 Å². The fourth-order valence-electron chi connectivity index (χ4n) is 2.90. The first kappa shape index (κ1) is 13.0. The van der Waals surface area contributed by atoms with Crippen molar-refractivity contribution in [2.45, 2.75) is 25.2 Å². The zero-order chi connectivity index (χ0) is 13.2. The van der Waals surface area contributed by atoms with Gasteiger partial charge in [-0.15, -0.1) is 0 Å². The van der Waals surface area contributed by atoms with Crippen LogP contribution in [0.5, 0.6) is 0 Å². The van der Waals surface area contributed by atoms with Gasteiger partial charge in [0.25, 0.3) is 5.69 Å². The molecule has 18 heavy (non-hydrogen) atoms. The Morgan fingerprint density at radius 1 is 1.44 bits per heavy atom. The van der Waals surface area contributed by atoms with Crippen LogP contribution in [0.25, 0.3) is 0 Å². The topological polar surface area (TPSA) is 89.4 Å². The van der Waals surface area contributed by atoms with Crippen LogP contribution < -0.4 is 5.73 Å². The summed E-state index contributed by atoms with van der Waals surface area (Å²) in [5.74, 6) is -0.141. The Bertz CT molecular complexity index is 438. The maximum Gasteiger partial charge on any atom is 0.272 e. The summed E-state index contributed by atoms with van der Waals surface area (Å²) in [4.78, 5) is 10.7. The number of hydrogen-bond donors (Lipinski definition) is 2. The Hall–Kier alpha value is -1.46. The first-order chi connectivity index (χ1) is 8.64. The van der Waals surface area contributed by atoms with Crippen LogP contribution in [0.1, 0.15) is 30.7 Å². The summed E-state index contributed by atoms with van der Waals surface area (Å²) >= 11 is 0. The van der Waals surface area contributed by atoms with E-state index in [0.717, 1.165) is 19.3 Å². The molecule has 1 aromatic rings. The van der Waals surface area contributed by atoms with Gasteiger partial charge in [-0.1, -0.05) is 24.6 Å². The van der Waals surface area contributed by atoms with Gasteiger partial charge in [-0.25, -0.2) is 0 Å². The molecule has 0 amide bonds. The number of aliphatic hydroxyl groups is 1. The van der Waals surface area contributed by atoms with Crippen LogP contribution in [-0.4, -0.2) is 23.2 Å². The lowest BCUT2D eigenvalue weighted by molar-refractivity contribution is -0.386. The van der Waals surface area contributed by atoms with Crippen molar-refractivity contribution in [3.8, 4) is 0 Å². The van der Waals surface area contributed by atoms with Gasteiger partial charge < -0.3 is 10.8 Å². The molecule has 0 heterocycles. The molecule has 0 spiro atoms. The number of nitrogens with zero attached hydrogens (tertiary/aromatic N) is 1. The summed E-state index contributed by atoms with van der Waals surface area (Å²) in [6.45, 7) is 0.367. The highest BCUT2D eigenvalue weighted by atomic mass is 16.6. The van der Waals surface area contributed by atoms with Crippen molar-refractivity contribution in [3.05, 3.63) is 39.9 Å². The average molecular weight is 250 g/mol. The second-order valence-corrected chi connectivity index (χ2v) is 4.98. The molecule has 0 aliphatic heterocycles. The molecule has 98 valence electrons. The lowest BCUT2D eigenvalue weighted by Gasteiger charge is -2.46. The van der Waals surface area contributed by atoms with Crippen molar-refractivity contribution in [2.75, 3.05) is 13.2 Å². The highest BCUT2D eigenvalue weighted by Gasteiger charge is 2.45. The molecule has 1 aliphatic rings. The molecule has 0 radical (unpaired) electrons. The van der Waals surface area contributed by atoms with Gasteiger partial charge in [0, 0.05) is 36.1 Å². The summed E-state index contributed by atoms with van der Waals surface area (Å²) in [5.41, 5.74) is 6.30. The van der Waals surface area contributed by atoms with Crippen LogP contribution in [-0.2, 0) is 0 Å². The van der Waals surface area contributed by atoms with Gasteiger partial charge in [0.2, 0.25) is 0 Å². The third-order valence-corrected chi connectivity index (χ3v) is 4.15. The molecular weight excluding hydrogens is 232 g/mol. The van der Waals surface area contributed by atoms with Crippen LogP contribution >= 0.6 is 0 Å². The quantitative estimate of drug-likeness (QED) is 0.616. The predicted molar refractivity (Wildman–Crippen MR) is 68.3 cm³/mol. The number of rotatable bonds is 5. The van der Waals surface area contributed by atoms with Gasteiger partial charge in [0.15, 0.2) is 0 Å². The summed E-state index contributed by atoms with van der Waals surface area (Å²) < 4.78 is 0. The first-order valence-corrected chi connectivity index (χ1v) is 6.19. The number of nitro benzene ring substituents is 1. The van der Waals surface area contributed by atoms with Crippen molar-refractivity contribution in [3.63, 3.8) is 0 Å². The van der Waals surface area contributed by atoms with E-state index in [4.69, 9.17) is 5.73 Å². The molecule has 1 aliphatic carbocycles. The molecule has 0 bridgehead atoms. The number of hydrogen-bond acceptors (Lipinski definition) is 4. The predicted octanol–water partition coefficient (Wildman–Crippen LogP) is 1.80. The van der Waals surface area contributed by atoms with Crippen molar-refractivity contribution in [1.82, 2.24) is 0 Å². The van der Waals surface area contributed by atoms with Crippen molar-refractivity contribution >= 4 is 5.69 Å². The Morgan fingerprint density at radius 3 is 2.56 bits per heavy atom. The third kappa shape index (κ3) is 2.00. The minimum Gasteiger partial charge on any atom is -0.396 e. The number of benzene rings is 1. The molecule has 1 saturated carbocycles. The SMILES string of the molecule is NC[C@@H](c1ccccc1[N+](=O)[O-])C1(CO)CCC1. The fraction of sp³-hybridized carbons (Fsp3) is 0.538. The number of aliphatic hydroxyl groups excluding tert-OH is 1. The van der Waals surface area contributed by atoms with E-state index in [2.05, 4.69) is 0 Å². The molecule has 5 nitrogen and oxygen atoms in total. The van der Waals surface area contributed by atoms with Gasteiger partial charge >= 0.3 is 0 Å². The van der Waals surface area contributed by atoms with E-state index in [1.165, 1.54) is 6.07 Å². The zero-order valence-corrected chi connectivity index (χ0v) is 10.2. The Labute approximate surface area is 106 Å². The van der Waals surface area contributed by atoms with Crippen LogP contribution in [0.3, 0.4) is 0 Å². The lowest BCUT2D eigenvalue weighted by atomic mass is 9.59. The van der Waals surface area contributed by atoms with Crippen molar-refractivity contribution < 1.29 is 10.0 Å². The fourth-order valence-corrected chi connectivity index (χ4v) is 2.90. The summed E-state index contributed by atoms with van der Waals surface area (Å²) in [6.07, 6.45) is 2.83. The summed E-state index contributed by atoms with van der Waals surface area (Å²) in [5, 5.41) is 20.7. The maximum atomic E-state index is 11.1. The minimum absolute atomic E-state index is 0.0426. The van der Waals surface area contributed by atoms with Gasteiger partial charge in [-0.2, -0.15) is 0 Å². The molecule has 5 heteroatoms. The highest BCUT2D eigenvalue weighted by Crippen LogP contribution is 2.52. The molecule has 1 atom stereocenters. The molecule has 1 aromatic carbocycles. The Morgan fingerprint density at radius 2 is 2.11 bits per heavy atom. The molecule has 3 N–H and O–H groups in total. The molecule has 0 unspecified atom stereocenters. The monoisotopic (exact) mass is 250 g/mol. The lowest BCUT2D eigenvalue weighted by Crippen LogP contribution is -2.42. The molecule has 0 saturated heterocycles. The normalized spacial score (nSPS) is 19.0. The van der Waals surface area contributed by atoms with Crippen LogP contribution in [0, 0.1) is 15.5 Å².